The molecule has 4 heteroatoms. The molecule has 0 aromatic heterocycles. The normalized spacial score (nSPS) is 10.2. The van der Waals surface area contributed by atoms with Crippen LogP contribution in [0.4, 0.5) is 10.5 Å². The Labute approximate surface area is 130 Å². The molecule has 0 radical (unpaired) electrons. The minimum Gasteiger partial charge on any atom is -0.337 e. The van der Waals surface area contributed by atoms with Crippen LogP contribution in [0.1, 0.15) is 11.1 Å². The fraction of sp³-hybridized carbons (Fsp3) is 0.235. The van der Waals surface area contributed by atoms with E-state index in [1.165, 1.54) is 10.5 Å². The van der Waals surface area contributed by atoms with Crippen molar-refractivity contribution < 1.29 is 4.79 Å². The maximum atomic E-state index is 11.8. The van der Waals surface area contributed by atoms with Crippen LogP contribution in [0.3, 0.4) is 0 Å². The van der Waals surface area contributed by atoms with E-state index in [-0.39, 0.29) is 6.03 Å². The molecule has 0 unspecified atom stereocenters. The Bertz CT molecular complexity index is 599. The number of urea groups is 1. The number of rotatable bonds is 5. The maximum absolute atomic E-state index is 11.8. The lowest BCUT2D eigenvalue weighted by Gasteiger charge is -2.10. The number of hydrogen-bond acceptors (Lipinski definition) is 2. The minimum absolute atomic E-state index is 0.157. The third-order valence-corrected chi connectivity index (χ3v) is 4.04. The van der Waals surface area contributed by atoms with Crippen molar-refractivity contribution in [2.75, 3.05) is 17.6 Å². The lowest BCUT2D eigenvalue weighted by molar-refractivity contribution is 0.252. The molecule has 0 atom stereocenters. The molecule has 3 nitrogen and oxygen atoms in total. The van der Waals surface area contributed by atoms with E-state index in [2.05, 4.69) is 28.8 Å². The largest absolute Gasteiger partial charge is 0.337 e. The Morgan fingerprint density at radius 3 is 2.57 bits per heavy atom. The molecule has 0 aliphatic rings. The summed E-state index contributed by atoms with van der Waals surface area (Å²) in [5, 5.41) is 5.75. The number of amides is 2. The summed E-state index contributed by atoms with van der Waals surface area (Å²) in [6, 6.07) is 16.0. The number of benzene rings is 2. The molecule has 2 N–H and O–H groups in total. The van der Waals surface area contributed by atoms with Gasteiger partial charge in [0.05, 0.1) is 0 Å². The molecule has 0 saturated heterocycles. The summed E-state index contributed by atoms with van der Waals surface area (Å²) < 4.78 is 0. The van der Waals surface area contributed by atoms with E-state index in [0.29, 0.717) is 6.54 Å². The molecule has 0 aliphatic heterocycles. The maximum Gasteiger partial charge on any atom is 0.319 e. The van der Waals surface area contributed by atoms with Gasteiger partial charge in [-0.05, 0) is 37.6 Å². The SMILES string of the molecule is Cc1ccc(NC(=O)NCCSc2ccccc2)c(C)c1. The predicted octanol–water partition coefficient (Wildman–Crippen LogP) is 4.22. The third kappa shape index (κ3) is 5.16. The van der Waals surface area contributed by atoms with Crippen molar-refractivity contribution in [3.63, 3.8) is 0 Å². The van der Waals surface area contributed by atoms with Gasteiger partial charge in [-0.15, -0.1) is 11.8 Å². The Balaban J connectivity index is 1.72. The Morgan fingerprint density at radius 2 is 1.86 bits per heavy atom. The van der Waals surface area contributed by atoms with Gasteiger partial charge in [-0.1, -0.05) is 35.9 Å². The second-order valence-corrected chi connectivity index (χ2v) is 6.03. The van der Waals surface area contributed by atoms with Gasteiger partial charge in [0.15, 0.2) is 0 Å². The molecule has 2 aromatic rings. The van der Waals surface area contributed by atoms with Crippen LogP contribution in [-0.4, -0.2) is 18.3 Å². The molecule has 2 aromatic carbocycles. The van der Waals surface area contributed by atoms with Gasteiger partial charge in [-0.2, -0.15) is 0 Å². The molecule has 110 valence electrons. The molecule has 0 saturated carbocycles. The zero-order chi connectivity index (χ0) is 15.1. The number of aryl methyl sites for hydroxylation is 2. The van der Waals surface area contributed by atoms with E-state index >= 15 is 0 Å². The van der Waals surface area contributed by atoms with Crippen LogP contribution in [-0.2, 0) is 0 Å². The highest BCUT2D eigenvalue weighted by atomic mass is 32.2. The van der Waals surface area contributed by atoms with Gasteiger partial charge in [0.2, 0.25) is 0 Å². The minimum atomic E-state index is -0.157. The van der Waals surface area contributed by atoms with Crippen LogP contribution < -0.4 is 10.6 Å². The Hall–Kier alpha value is -1.94. The van der Waals surface area contributed by atoms with E-state index in [1.807, 2.05) is 44.2 Å². The highest BCUT2D eigenvalue weighted by Crippen LogP contribution is 2.17. The van der Waals surface area contributed by atoms with Crippen molar-refractivity contribution in [2.24, 2.45) is 0 Å². The van der Waals surface area contributed by atoms with Gasteiger partial charge in [-0.25, -0.2) is 4.79 Å². The molecule has 0 bridgehead atoms. The second-order valence-electron chi connectivity index (χ2n) is 4.86. The van der Waals surface area contributed by atoms with E-state index in [9.17, 15) is 4.79 Å². The number of carbonyl (C=O) groups is 1. The van der Waals surface area contributed by atoms with Crippen molar-refractivity contribution in [1.82, 2.24) is 5.32 Å². The van der Waals surface area contributed by atoms with E-state index < -0.39 is 0 Å². The average Bonchev–Trinajstić information content (AvgIpc) is 2.48. The number of nitrogens with one attached hydrogen (secondary N) is 2. The first-order valence-electron chi connectivity index (χ1n) is 6.95. The summed E-state index contributed by atoms with van der Waals surface area (Å²) in [5.41, 5.74) is 3.12. The van der Waals surface area contributed by atoms with Crippen LogP contribution in [0.15, 0.2) is 53.4 Å². The lowest BCUT2D eigenvalue weighted by atomic mass is 10.1. The smallest absolute Gasteiger partial charge is 0.319 e. The monoisotopic (exact) mass is 300 g/mol. The van der Waals surface area contributed by atoms with Gasteiger partial charge in [0.1, 0.15) is 0 Å². The molecule has 2 amide bonds. The molecule has 2 rings (SSSR count). The average molecular weight is 300 g/mol. The lowest BCUT2D eigenvalue weighted by Crippen LogP contribution is -2.30. The highest BCUT2D eigenvalue weighted by Gasteiger charge is 2.03. The first kappa shape index (κ1) is 15.4. The molecule has 0 spiro atoms. The summed E-state index contributed by atoms with van der Waals surface area (Å²) in [4.78, 5) is 13.0. The second kappa shape index (κ2) is 7.74. The first-order valence-corrected chi connectivity index (χ1v) is 7.93. The van der Waals surface area contributed by atoms with Gasteiger partial charge < -0.3 is 10.6 Å². The Morgan fingerprint density at radius 1 is 1.10 bits per heavy atom. The third-order valence-electron chi connectivity index (χ3n) is 3.03. The summed E-state index contributed by atoms with van der Waals surface area (Å²) in [5.74, 6) is 0.852. The quantitative estimate of drug-likeness (QED) is 0.641. The van der Waals surface area contributed by atoms with Gasteiger partial charge in [0.25, 0.3) is 0 Å². The highest BCUT2D eigenvalue weighted by molar-refractivity contribution is 7.99. The zero-order valence-corrected chi connectivity index (χ0v) is 13.2. The predicted molar refractivity (Wildman–Crippen MR) is 90.1 cm³/mol. The van der Waals surface area contributed by atoms with Gasteiger partial charge >= 0.3 is 6.03 Å². The van der Waals surface area contributed by atoms with Crippen molar-refractivity contribution in [2.45, 2.75) is 18.7 Å². The molecular formula is C17H20N2OS. The van der Waals surface area contributed by atoms with Crippen LogP contribution in [0, 0.1) is 13.8 Å². The first-order chi connectivity index (χ1) is 10.1. The summed E-state index contributed by atoms with van der Waals surface area (Å²) in [7, 11) is 0. The van der Waals surface area contributed by atoms with E-state index in [1.54, 1.807) is 11.8 Å². The van der Waals surface area contributed by atoms with E-state index in [4.69, 9.17) is 0 Å². The molecule has 21 heavy (non-hydrogen) atoms. The summed E-state index contributed by atoms with van der Waals surface area (Å²) >= 11 is 1.73. The topological polar surface area (TPSA) is 41.1 Å². The number of hydrogen-bond donors (Lipinski definition) is 2. The van der Waals surface area contributed by atoms with Crippen molar-refractivity contribution in [3.05, 3.63) is 59.7 Å². The number of thioether (sulfide) groups is 1. The van der Waals surface area contributed by atoms with Crippen molar-refractivity contribution >= 4 is 23.5 Å². The van der Waals surface area contributed by atoms with Crippen LogP contribution in [0.2, 0.25) is 0 Å². The van der Waals surface area contributed by atoms with Gasteiger partial charge in [-0.3, -0.25) is 0 Å². The standard InChI is InChI=1S/C17H20N2OS/c1-13-8-9-16(14(2)12-13)19-17(20)18-10-11-21-15-6-4-3-5-7-15/h3-9,12H,10-11H2,1-2H3,(H2,18,19,20). The van der Waals surface area contributed by atoms with Gasteiger partial charge in [0, 0.05) is 22.9 Å². The molecule has 0 aliphatic carbocycles. The fourth-order valence-electron chi connectivity index (χ4n) is 1.97. The van der Waals surface area contributed by atoms with Crippen LogP contribution in [0.25, 0.3) is 0 Å². The number of carbonyl (C=O) groups excluding carboxylic acids is 1. The summed E-state index contributed by atoms with van der Waals surface area (Å²) in [6.07, 6.45) is 0. The van der Waals surface area contributed by atoms with Crippen LogP contribution >= 0.6 is 11.8 Å². The van der Waals surface area contributed by atoms with Crippen molar-refractivity contribution in [3.8, 4) is 0 Å². The van der Waals surface area contributed by atoms with Crippen LogP contribution in [0.5, 0.6) is 0 Å². The molecule has 0 fully saturated rings. The molecule has 0 heterocycles. The van der Waals surface area contributed by atoms with E-state index in [0.717, 1.165) is 17.0 Å². The fourth-order valence-corrected chi connectivity index (χ4v) is 2.76. The zero-order valence-electron chi connectivity index (χ0n) is 12.3. The molecular weight excluding hydrogens is 280 g/mol. The summed E-state index contributed by atoms with van der Waals surface area (Å²) in [6.45, 7) is 4.67. The van der Waals surface area contributed by atoms with Crippen molar-refractivity contribution in [1.29, 1.82) is 0 Å². The Kier molecular flexibility index (Phi) is 5.69. The number of anilines is 1.